The van der Waals surface area contributed by atoms with Crippen LogP contribution in [0.4, 0.5) is 5.69 Å². The number of ether oxygens (including phenoxy) is 1. The molecule has 1 aromatic rings. The predicted octanol–water partition coefficient (Wildman–Crippen LogP) is 1.31. The van der Waals surface area contributed by atoms with Gasteiger partial charge in [-0.2, -0.15) is 0 Å². The zero-order chi connectivity index (χ0) is 11.4. The molecule has 4 heteroatoms. The van der Waals surface area contributed by atoms with Crippen LogP contribution in [0.2, 0.25) is 0 Å². The molecule has 88 valence electrons. The number of phenolic OH excluding ortho intramolecular Hbond substituents is 1. The van der Waals surface area contributed by atoms with Gasteiger partial charge in [0, 0.05) is 19.8 Å². The van der Waals surface area contributed by atoms with E-state index in [1.807, 2.05) is 12.1 Å². The fourth-order valence-corrected chi connectivity index (χ4v) is 2.01. The van der Waals surface area contributed by atoms with E-state index in [9.17, 15) is 5.11 Å². The van der Waals surface area contributed by atoms with Crippen molar-refractivity contribution in [2.45, 2.75) is 18.4 Å². The number of nitrogens with two attached hydrogens (primary N) is 1. The summed E-state index contributed by atoms with van der Waals surface area (Å²) < 4.78 is 5.34. The molecule has 1 fully saturated rings. The first-order valence-corrected chi connectivity index (χ1v) is 5.60. The summed E-state index contributed by atoms with van der Waals surface area (Å²) in [5, 5.41) is 13.1. The number of nitrogens with one attached hydrogen (secondary N) is 1. The minimum atomic E-state index is -0.142. The third kappa shape index (κ3) is 2.28. The monoisotopic (exact) mass is 222 g/mol. The fourth-order valence-electron chi connectivity index (χ4n) is 2.01. The molecule has 0 spiro atoms. The van der Waals surface area contributed by atoms with E-state index in [-0.39, 0.29) is 11.3 Å². The van der Waals surface area contributed by atoms with Gasteiger partial charge in [0.1, 0.15) is 5.75 Å². The largest absolute Gasteiger partial charge is 0.506 e. The van der Waals surface area contributed by atoms with E-state index < -0.39 is 0 Å². The lowest BCUT2D eigenvalue weighted by Gasteiger charge is -2.38. The predicted molar refractivity (Wildman–Crippen MR) is 63.6 cm³/mol. The number of hydrogen-bond donors (Lipinski definition) is 3. The van der Waals surface area contributed by atoms with Crippen LogP contribution in [-0.4, -0.2) is 30.4 Å². The molecule has 1 aliphatic heterocycles. The Kier molecular flexibility index (Phi) is 3.31. The molecule has 0 aliphatic carbocycles. The van der Waals surface area contributed by atoms with Crippen LogP contribution in [0.25, 0.3) is 0 Å². The van der Waals surface area contributed by atoms with Gasteiger partial charge in [-0.15, -0.1) is 0 Å². The Morgan fingerprint density at radius 1 is 1.31 bits per heavy atom. The summed E-state index contributed by atoms with van der Waals surface area (Å²) in [5.41, 5.74) is 6.44. The van der Waals surface area contributed by atoms with Crippen molar-refractivity contribution in [3.63, 3.8) is 0 Å². The summed E-state index contributed by atoms with van der Waals surface area (Å²) in [5.74, 6) is 0.266. The van der Waals surface area contributed by atoms with Gasteiger partial charge in [0.25, 0.3) is 0 Å². The van der Waals surface area contributed by atoms with Gasteiger partial charge < -0.3 is 20.9 Å². The van der Waals surface area contributed by atoms with Crippen LogP contribution in [0.15, 0.2) is 24.3 Å². The second-order valence-electron chi connectivity index (χ2n) is 4.24. The zero-order valence-electron chi connectivity index (χ0n) is 9.28. The first kappa shape index (κ1) is 11.2. The van der Waals surface area contributed by atoms with Gasteiger partial charge in [0.2, 0.25) is 0 Å². The molecule has 0 atom stereocenters. The van der Waals surface area contributed by atoms with E-state index in [1.54, 1.807) is 12.1 Å². The number of phenols is 1. The van der Waals surface area contributed by atoms with E-state index in [2.05, 4.69) is 5.32 Å². The molecule has 0 saturated carbocycles. The lowest BCUT2D eigenvalue weighted by atomic mass is 9.90. The maximum atomic E-state index is 9.72. The van der Waals surface area contributed by atoms with Crippen molar-refractivity contribution in [2.75, 3.05) is 25.1 Å². The molecule has 0 radical (unpaired) electrons. The average Bonchev–Trinajstić information content (AvgIpc) is 2.33. The van der Waals surface area contributed by atoms with Gasteiger partial charge >= 0.3 is 0 Å². The minimum absolute atomic E-state index is 0.142. The van der Waals surface area contributed by atoms with Crippen LogP contribution in [0, 0.1) is 0 Å². The van der Waals surface area contributed by atoms with Gasteiger partial charge in [-0.1, -0.05) is 12.1 Å². The van der Waals surface area contributed by atoms with Gasteiger partial charge in [0.15, 0.2) is 0 Å². The van der Waals surface area contributed by atoms with Crippen molar-refractivity contribution in [1.82, 2.24) is 0 Å². The number of benzene rings is 1. The highest BCUT2D eigenvalue weighted by atomic mass is 16.5. The van der Waals surface area contributed by atoms with Gasteiger partial charge in [-0.3, -0.25) is 0 Å². The maximum absolute atomic E-state index is 9.72. The van der Waals surface area contributed by atoms with Gasteiger partial charge in [-0.05, 0) is 25.0 Å². The minimum Gasteiger partial charge on any atom is -0.506 e. The van der Waals surface area contributed by atoms with Crippen molar-refractivity contribution in [2.24, 2.45) is 5.73 Å². The molecule has 4 nitrogen and oxygen atoms in total. The molecule has 0 bridgehead atoms. The molecule has 2 rings (SSSR count). The third-order valence-electron chi connectivity index (χ3n) is 3.14. The van der Waals surface area contributed by atoms with Crippen LogP contribution in [0.1, 0.15) is 12.8 Å². The molecule has 1 saturated heterocycles. The topological polar surface area (TPSA) is 67.5 Å². The summed E-state index contributed by atoms with van der Waals surface area (Å²) in [6.45, 7) is 1.99. The molecule has 0 unspecified atom stereocenters. The van der Waals surface area contributed by atoms with Crippen LogP contribution in [0.5, 0.6) is 5.75 Å². The Morgan fingerprint density at radius 3 is 2.62 bits per heavy atom. The molecule has 0 amide bonds. The van der Waals surface area contributed by atoms with Gasteiger partial charge in [-0.25, -0.2) is 0 Å². The number of anilines is 1. The molecular weight excluding hydrogens is 204 g/mol. The maximum Gasteiger partial charge on any atom is 0.138 e. The van der Waals surface area contributed by atoms with E-state index in [4.69, 9.17) is 10.5 Å². The third-order valence-corrected chi connectivity index (χ3v) is 3.14. The van der Waals surface area contributed by atoms with Crippen LogP contribution in [-0.2, 0) is 4.74 Å². The van der Waals surface area contributed by atoms with E-state index in [0.717, 1.165) is 31.7 Å². The van der Waals surface area contributed by atoms with Crippen molar-refractivity contribution in [1.29, 1.82) is 0 Å². The van der Waals surface area contributed by atoms with E-state index >= 15 is 0 Å². The van der Waals surface area contributed by atoms with Crippen molar-refractivity contribution in [3.8, 4) is 5.75 Å². The van der Waals surface area contributed by atoms with Crippen molar-refractivity contribution < 1.29 is 9.84 Å². The summed E-state index contributed by atoms with van der Waals surface area (Å²) in [4.78, 5) is 0. The zero-order valence-corrected chi connectivity index (χ0v) is 9.28. The van der Waals surface area contributed by atoms with E-state index in [0.29, 0.717) is 6.54 Å². The SMILES string of the molecule is NCC1(Nc2ccccc2O)CCOCC1. The number of hydrogen-bond acceptors (Lipinski definition) is 4. The fraction of sp³-hybridized carbons (Fsp3) is 0.500. The smallest absolute Gasteiger partial charge is 0.138 e. The highest BCUT2D eigenvalue weighted by Gasteiger charge is 2.31. The summed E-state index contributed by atoms with van der Waals surface area (Å²) in [6, 6.07) is 7.24. The molecule has 0 aromatic heterocycles. The molecule has 1 heterocycles. The van der Waals surface area contributed by atoms with E-state index in [1.165, 1.54) is 0 Å². The molecule has 1 aromatic carbocycles. The standard InChI is InChI=1S/C12H18N2O2/c13-9-12(5-7-16-8-6-12)14-10-3-1-2-4-11(10)15/h1-4,14-15H,5-9,13H2. The number of aromatic hydroxyl groups is 1. The Morgan fingerprint density at radius 2 is 2.00 bits per heavy atom. The van der Waals surface area contributed by atoms with Crippen LogP contribution < -0.4 is 11.1 Å². The Labute approximate surface area is 95.4 Å². The van der Waals surface area contributed by atoms with Crippen LogP contribution >= 0.6 is 0 Å². The summed E-state index contributed by atoms with van der Waals surface area (Å²) >= 11 is 0. The molecular formula is C12H18N2O2. The highest BCUT2D eigenvalue weighted by molar-refractivity contribution is 5.57. The Hall–Kier alpha value is -1.26. The van der Waals surface area contributed by atoms with Crippen molar-refractivity contribution in [3.05, 3.63) is 24.3 Å². The second kappa shape index (κ2) is 4.72. The Balaban J connectivity index is 2.15. The lowest BCUT2D eigenvalue weighted by molar-refractivity contribution is 0.0627. The first-order chi connectivity index (χ1) is 7.76. The lowest BCUT2D eigenvalue weighted by Crippen LogP contribution is -2.49. The Bertz CT molecular complexity index is 349. The molecule has 16 heavy (non-hydrogen) atoms. The number of para-hydroxylation sites is 2. The van der Waals surface area contributed by atoms with Gasteiger partial charge in [0.05, 0.1) is 11.2 Å². The highest BCUT2D eigenvalue weighted by Crippen LogP contribution is 2.29. The summed E-state index contributed by atoms with van der Waals surface area (Å²) in [6.07, 6.45) is 1.75. The molecule has 1 aliphatic rings. The van der Waals surface area contributed by atoms with Crippen molar-refractivity contribution >= 4 is 5.69 Å². The molecule has 4 N–H and O–H groups in total. The number of rotatable bonds is 3. The normalized spacial score (nSPS) is 19.3. The quantitative estimate of drug-likeness (QED) is 0.675. The summed E-state index contributed by atoms with van der Waals surface area (Å²) in [7, 11) is 0. The second-order valence-corrected chi connectivity index (χ2v) is 4.24. The average molecular weight is 222 g/mol. The first-order valence-electron chi connectivity index (χ1n) is 5.60. The van der Waals surface area contributed by atoms with Crippen LogP contribution in [0.3, 0.4) is 0 Å².